The summed E-state index contributed by atoms with van der Waals surface area (Å²) >= 11 is 0. The summed E-state index contributed by atoms with van der Waals surface area (Å²) in [7, 11) is 1.51. The lowest BCUT2D eigenvalue weighted by molar-refractivity contribution is -0.130. The molecule has 1 amide bonds. The highest BCUT2D eigenvalue weighted by molar-refractivity contribution is 5.80. The molecule has 0 aromatic rings. The lowest BCUT2D eigenvalue weighted by Gasteiger charge is -2.31. The largest absolute Gasteiger partial charge is 0.393 e. The molecule has 1 rings (SSSR count). The molecule has 0 aromatic heterocycles. The highest BCUT2D eigenvalue weighted by atomic mass is 16.5. The van der Waals surface area contributed by atoms with Crippen LogP contribution < -0.4 is 5.32 Å². The van der Waals surface area contributed by atoms with Crippen LogP contribution in [-0.2, 0) is 9.53 Å². The SMILES string of the molecule is COC(C)C(=O)NCC1CC(O)C1. The summed E-state index contributed by atoms with van der Waals surface area (Å²) in [6.45, 7) is 2.37. The molecule has 0 spiro atoms. The molecule has 0 aromatic carbocycles. The topological polar surface area (TPSA) is 58.6 Å². The van der Waals surface area contributed by atoms with Crippen LogP contribution in [0, 0.1) is 5.92 Å². The molecule has 1 aliphatic carbocycles. The fraction of sp³-hybridized carbons (Fsp3) is 0.889. The maximum Gasteiger partial charge on any atom is 0.248 e. The minimum atomic E-state index is -0.384. The van der Waals surface area contributed by atoms with E-state index in [0.29, 0.717) is 12.5 Å². The molecule has 0 radical (unpaired) electrons. The summed E-state index contributed by atoms with van der Waals surface area (Å²) in [5.74, 6) is 0.367. The first-order valence-electron chi connectivity index (χ1n) is 4.62. The van der Waals surface area contributed by atoms with Crippen LogP contribution in [0.2, 0.25) is 0 Å². The number of aliphatic hydroxyl groups is 1. The molecule has 4 heteroatoms. The normalized spacial score (nSPS) is 29.2. The predicted octanol–water partition coefficient (Wildman–Crippen LogP) is -0.0916. The molecule has 4 nitrogen and oxygen atoms in total. The van der Waals surface area contributed by atoms with Gasteiger partial charge in [-0.1, -0.05) is 0 Å². The zero-order valence-corrected chi connectivity index (χ0v) is 8.12. The zero-order chi connectivity index (χ0) is 9.84. The number of carbonyl (C=O) groups is 1. The van der Waals surface area contributed by atoms with Gasteiger partial charge < -0.3 is 15.2 Å². The van der Waals surface area contributed by atoms with Gasteiger partial charge in [-0.2, -0.15) is 0 Å². The second kappa shape index (κ2) is 4.58. The molecule has 13 heavy (non-hydrogen) atoms. The van der Waals surface area contributed by atoms with Gasteiger partial charge in [-0.25, -0.2) is 0 Å². The summed E-state index contributed by atoms with van der Waals surface area (Å²) in [4.78, 5) is 11.2. The van der Waals surface area contributed by atoms with Gasteiger partial charge in [0.25, 0.3) is 0 Å². The Kier molecular flexibility index (Phi) is 3.69. The number of methoxy groups -OCH3 is 1. The van der Waals surface area contributed by atoms with Crippen LogP contribution in [0.4, 0.5) is 0 Å². The van der Waals surface area contributed by atoms with Gasteiger partial charge in [0.1, 0.15) is 6.10 Å². The first kappa shape index (κ1) is 10.5. The van der Waals surface area contributed by atoms with E-state index in [9.17, 15) is 4.79 Å². The van der Waals surface area contributed by atoms with Crippen molar-refractivity contribution >= 4 is 5.91 Å². The minimum Gasteiger partial charge on any atom is -0.393 e. The van der Waals surface area contributed by atoms with Gasteiger partial charge in [-0.05, 0) is 25.7 Å². The maximum absolute atomic E-state index is 11.2. The Labute approximate surface area is 78.3 Å². The molecule has 1 unspecified atom stereocenters. The van der Waals surface area contributed by atoms with Crippen molar-refractivity contribution in [1.82, 2.24) is 5.32 Å². The molecule has 0 heterocycles. The van der Waals surface area contributed by atoms with Gasteiger partial charge in [0, 0.05) is 13.7 Å². The van der Waals surface area contributed by atoms with Crippen LogP contribution in [0.5, 0.6) is 0 Å². The van der Waals surface area contributed by atoms with Crippen LogP contribution >= 0.6 is 0 Å². The van der Waals surface area contributed by atoms with Crippen LogP contribution in [0.15, 0.2) is 0 Å². The third-order valence-corrected chi connectivity index (χ3v) is 2.50. The first-order valence-corrected chi connectivity index (χ1v) is 4.62. The van der Waals surface area contributed by atoms with E-state index in [2.05, 4.69) is 5.32 Å². The lowest BCUT2D eigenvalue weighted by Crippen LogP contribution is -2.41. The van der Waals surface area contributed by atoms with Crippen LogP contribution in [-0.4, -0.2) is 36.9 Å². The number of aliphatic hydroxyl groups excluding tert-OH is 1. The van der Waals surface area contributed by atoms with Crippen molar-refractivity contribution in [3.8, 4) is 0 Å². The van der Waals surface area contributed by atoms with E-state index < -0.39 is 0 Å². The molecule has 0 bridgehead atoms. The van der Waals surface area contributed by atoms with Crippen LogP contribution in [0.1, 0.15) is 19.8 Å². The summed E-state index contributed by atoms with van der Waals surface area (Å²) in [6.07, 6.45) is 1.08. The Morgan fingerprint density at radius 2 is 2.31 bits per heavy atom. The standard InChI is InChI=1S/C9H17NO3/c1-6(13-2)9(12)10-5-7-3-8(11)4-7/h6-8,11H,3-5H2,1-2H3,(H,10,12). The fourth-order valence-electron chi connectivity index (χ4n) is 1.36. The number of carbonyl (C=O) groups excluding carboxylic acids is 1. The second-order valence-corrected chi connectivity index (χ2v) is 3.61. The second-order valence-electron chi connectivity index (χ2n) is 3.61. The number of amides is 1. The van der Waals surface area contributed by atoms with E-state index >= 15 is 0 Å². The van der Waals surface area contributed by atoms with Gasteiger partial charge >= 0.3 is 0 Å². The van der Waals surface area contributed by atoms with E-state index in [0.717, 1.165) is 12.8 Å². The lowest BCUT2D eigenvalue weighted by atomic mass is 9.82. The zero-order valence-electron chi connectivity index (χ0n) is 8.12. The molecule has 1 fully saturated rings. The van der Waals surface area contributed by atoms with Crippen molar-refractivity contribution in [3.63, 3.8) is 0 Å². The Morgan fingerprint density at radius 1 is 1.69 bits per heavy atom. The minimum absolute atomic E-state index is 0.0797. The van der Waals surface area contributed by atoms with Gasteiger partial charge in [0.15, 0.2) is 0 Å². The highest BCUT2D eigenvalue weighted by Gasteiger charge is 2.27. The number of nitrogens with one attached hydrogen (secondary N) is 1. The van der Waals surface area contributed by atoms with Gasteiger partial charge in [0.05, 0.1) is 6.10 Å². The average Bonchev–Trinajstić information content (AvgIpc) is 2.08. The van der Waals surface area contributed by atoms with Crippen molar-refractivity contribution in [3.05, 3.63) is 0 Å². The maximum atomic E-state index is 11.2. The summed E-state index contributed by atoms with van der Waals surface area (Å²) in [6, 6.07) is 0. The van der Waals surface area contributed by atoms with Gasteiger partial charge in [0.2, 0.25) is 5.91 Å². The van der Waals surface area contributed by atoms with E-state index in [1.54, 1.807) is 6.92 Å². The Hall–Kier alpha value is -0.610. The Bertz CT molecular complexity index is 178. The molecule has 2 N–H and O–H groups in total. The first-order chi connectivity index (χ1) is 6.13. The summed E-state index contributed by atoms with van der Waals surface area (Å²) < 4.78 is 4.86. The monoisotopic (exact) mass is 187 g/mol. The summed E-state index contributed by atoms with van der Waals surface area (Å²) in [5.41, 5.74) is 0. The molecule has 1 aliphatic rings. The van der Waals surface area contributed by atoms with Crippen LogP contribution in [0.3, 0.4) is 0 Å². The van der Waals surface area contributed by atoms with Crippen molar-refractivity contribution in [2.45, 2.75) is 32.0 Å². The van der Waals surface area contributed by atoms with Crippen molar-refractivity contribution in [1.29, 1.82) is 0 Å². The van der Waals surface area contributed by atoms with E-state index in [-0.39, 0.29) is 18.1 Å². The Morgan fingerprint density at radius 3 is 2.77 bits per heavy atom. The molecular formula is C9H17NO3. The summed E-state index contributed by atoms with van der Waals surface area (Å²) in [5, 5.41) is 11.8. The number of rotatable bonds is 4. The van der Waals surface area contributed by atoms with E-state index in [1.807, 2.05) is 0 Å². The van der Waals surface area contributed by atoms with Crippen molar-refractivity contribution in [2.75, 3.05) is 13.7 Å². The molecular weight excluding hydrogens is 170 g/mol. The third kappa shape index (κ3) is 2.97. The molecule has 1 atom stereocenters. The van der Waals surface area contributed by atoms with Crippen molar-refractivity contribution in [2.24, 2.45) is 5.92 Å². The third-order valence-electron chi connectivity index (χ3n) is 2.50. The van der Waals surface area contributed by atoms with Crippen molar-refractivity contribution < 1.29 is 14.6 Å². The predicted molar refractivity (Wildman–Crippen MR) is 48.2 cm³/mol. The molecule has 0 saturated heterocycles. The number of hydrogen-bond donors (Lipinski definition) is 2. The number of hydrogen-bond acceptors (Lipinski definition) is 3. The van der Waals surface area contributed by atoms with Gasteiger partial charge in [-0.3, -0.25) is 4.79 Å². The quantitative estimate of drug-likeness (QED) is 0.646. The number of ether oxygens (including phenoxy) is 1. The molecule has 0 aliphatic heterocycles. The molecule has 1 saturated carbocycles. The average molecular weight is 187 g/mol. The smallest absolute Gasteiger partial charge is 0.248 e. The molecule has 76 valence electrons. The fourth-order valence-corrected chi connectivity index (χ4v) is 1.36. The highest BCUT2D eigenvalue weighted by Crippen LogP contribution is 2.25. The van der Waals surface area contributed by atoms with E-state index in [4.69, 9.17) is 9.84 Å². The van der Waals surface area contributed by atoms with Crippen LogP contribution in [0.25, 0.3) is 0 Å². The Balaban J connectivity index is 2.09. The van der Waals surface area contributed by atoms with Gasteiger partial charge in [-0.15, -0.1) is 0 Å². The van der Waals surface area contributed by atoms with E-state index in [1.165, 1.54) is 7.11 Å².